The number of amides is 3. The fraction of sp³-hybridized carbons (Fsp3) is 0.700. The van der Waals surface area contributed by atoms with Gasteiger partial charge in [0.25, 0.3) is 0 Å². The number of carbonyl (C=O) groups excluding carboxylic acids is 2. The predicted octanol–water partition coefficient (Wildman–Crippen LogP) is -1.48. The zero-order valence-electron chi connectivity index (χ0n) is 10.7. The molecule has 4 N–H and O–H groups in total. The molecule has 0 heterocycles. The van der Waals surface area contributed by atoms with E-state index >= 15 is 0 Å². The van der Waals surface area contributed by atoms with Crippen LogP contribution in [-0.4, -0.2) is 73.1 Å². The molecule has 0 aliphatic rings. The molecular weight excluding hydrogens is 240 g/mol. The van der Waals surface area contributed by atoms with Crippen LogP contribution in [0.2, 0.25) is 0 Å². The van der Waals surface area contributed by atoms with Gasteiger partial charge in [0.2, 0.25) is 5.91 Å². The number of hydrogen-bond donors (Lipinski definition) is 3. The van der Waals surface area contributed by atoms with Crippen molar-refractivity contribution in [1.82, 2.24) is 15.1 Å². The smallest absolute Gasteiger partial charge is 0.318 e. The Bertz CT molecular complexity index is 306. The van der Waals surface area contributed by atoms with Crippen LogP contribution in [0.15, 0.2) is 0 Å². The molecule has 0 bridgehead atoms. The molecule has 0 unspecified atom stereocenters. The molecule has 0 aliphatic heterocycles. The summed E-state index contributed by atoms with van der Waals surface area (Å²) >= 11 is 0. The first-order chi connectivity index (χ1) is 8.31. The topological polar surface area (TPSA) is 116 Å². The van der Waals surface area contributed by atoms with E-state index in [-0.39, 0.29) is 19.5 Å². The van der Waals surface area contributed by atoms with Crippen LogP contribution < -0.4 is 11.1 Å². The van der Waals surface area contributed by atoms with Gasteiger partial charge in [-0.15, -0.1) is 0 Å². The average molecular weight is 260 g/mol. The molecule has 0 aromatic rings. The Balaban J connectivity index is 4.10. The predicted molar refractivity (Wildman–Crippen MR) is 65.0 cm³/mol. The summed E-state index contributed by atoms with van der Waals surface area (Å²) in [7, 11) is 3.75. The lowest BCUT2D eigenvalue weighted by molar-refractivity contribution is -0.138. The second-order valence-electron chi connectivity index (χ2n) is 4.14. The number of primary amides is 1. The molecule has 0 saturated carbocycles. The Hall–Kier alpha value is -1.67. The van der Waals surface area contributed by atoms with Crippen molar-refractivity contribution in [2.45, 2.75) is 6.42 Å². The van der Waals surface area contributed by atoms with Gasteiger partial charge in [0.15, 0.2) is 0 Å². The van der Waals surface area contributed by atoms with E-state index in [1.165, 1.54) is 0 Å². The van der Waals surface area contributed by atoms with Gasteiger partial charge in [-0.2, -0.15) is 0 Å². The third kappa shape index (κ3) is 9.55. The molecule has 8 heteroatoms. The number of urea groups is 1. The minimum atomic E-state index is -0.955. The molecule has 0 atom stereocenters. The Morgan fingerprint density at radius 3 is 2.22 bits per heavy atom. The maximum absolute atomic E-state index is 11.2. The number of carbonyl (C=O) groups is 3. The van der Waals surface area contributed by atoms with E-state index in [1.54, 1.807) is 4.90 Å². The van der Waals surface area contributed by atoms with Crippen molar-refractivity contribution >= 4 is 17.9 Å². The second-order valence-corrected chi connectivity index (χ2v) is 4.14. The van der Waals surface area contributed by atoms with Gasteiger partial charge >= 0.3 is 12.0 Å². The van der Waals surface area contributed by atoms with Crippen molar-refractivity contribution < 1.29 is 19.5 Å². The van der Waals surface area contributed by atoms with Gasteiger partial charge in [-0.3, -0.25) is 19.8 Å². The number of nitrogens with one attached hydrogen (secondary N) is 1. The Morgan fingerprint density at radius 2 is 1.78 bits per heavy atom. The summed E-state index contributed by atoms with van der Waals surface area (Å²) in [6.45, 7) is 1.34. The quantitative estimate of drug-likeness (QED) is 0.490. The van der Waals surface area contributed by atoms with Crippen molar-refractivity contribution in [3.8, 4) is 0 Å². The number of carboxylic acid groups (broad SMARTS) is 1. The molecule has 0 fully saturated rings. The first-order valence-electron chi connectivity index (χ1n) is 5.49. The summed E-state index contributed by atoms with van der Waals surface area (Å²) in [5.41, 5.74) is 4.79. The van der Waals surface area contributed by atoms with Crippen molar-refractivity contribution in [1.29, 1.82) is 0 Å². The van der Waals surface area contributed by atoms with Gasteiger partial charge in [0.05, 0.1) is 6.54 Å². The summed E-state index contributed by atoms with van der Waals surface area (Å²) in [5.74, 6) is -1.47. The van der Waals surface area contributed by atoms with Gasteiger partial charge in [0, 0.05) is 26.1 Å². The zero-order chi connectivity index (χ0) is 14.1. The third-order valence-corrected chi connectivity index (χ3v) is 2.14. The number of likely N-dealkylation sites (N-methyl/N-ethyl adjacent to an activating group) is 1. The molecule has 3 amide bonds. The number of imide groups is 1. The van der Waals surface area contributed by atoms with Gasteiger partial charge in [0.1, 0.15) is 0 Å². The van der Waals surface area contributed by atoms with E-state index in [1.807, 2.05) is 24.3 Å². The number of hydrogen-bond acceptors (Lipinski definition) is 5. The van der Waals surface area contributed by atoms with Gasteiger partial charge in [-0.1, -0.05) is 0 Å². The molecule has 0 spiro atoms. The molecular formula is C10H20N4O4. The lowest BCUT2D eigenvalue weighted by atomic mass is 10.3. The maximum Gasteiger partial charge on any atom is 0.318 e. The number of nitrogens with zero attached hydrogens (tertiary/aromatic N) is 2. The lowest BCUT2D eigenvalue weighted by Gasteiger charge is -2.21. The first kappa shape index (κ1) is 16.3. The Kier molecular flexibility index (Phi) is 7.64. The Labute approximate surface area is 106 Å². The van der Waals surface area contributed by atoms with E-state index in [2.05, 4.69) is 0 Å². The minimum absolute atomic E-state index is 0.0314. The van der Waals surface area contributed by atoms with E-state index < -0.39 is 17.9 Å². The van der Waals surface area contributed by atoms with Gasteiger partial charge in [-0.25, -0.2) is 4.79 Å². The van der Waals surface area contributed by atoms with Crippen LogP contribution in [-0.2, 0) is 9.59 Å². The highest BCUT2D eigenvalue weighted by Crippen LogP contribution is 1.93. The van der Waals surface area contributed by atoms with Gasteiger partial charge in [-0.05, 0) is 14.1 Å². The maximum atomic E-state index is 11.2. The molecule has 0 radical (unpaired) electrons. The summed E-state index contributed by atoms with van der Waals surface area (Å²) in [6.07, 6.45) is 0.0314. The SMILES string of the molecule is CN(C)CCN(CCC(=O)NC(N)=O)CC(=O)O. The molecule has 8 nitrogen and oxygen atoms in total. The molecule has 104 valence electrons. The summed E-state index contributed by atoms with van der Waals surface area (Å²) in [4.78, 5) is 35.8. The highest BCUT2D eigenvalue weighted by molar-refractivity contribution is 5.93. The van der Waals surface area contributed by atoms with Crippen LogP contribution in [0.3, 0.4) is 0 Å². The monoisotopic (exact) mass is 260 g/mol. The Morgan fingerprint density at radius 1 is 1.17 bits per heavy atom. The van der Waals surface area contributed by atoms with E-state index in [9.17, 15) is 14.4 Å². The second kappa shape index (κ2) is 8.43. The standard InChI is InChI=1S/C10H20N4O4/c1-13(2)5-6-14(7-9(16)17)4-3-8(15)12-10(11)18/h3-7H2,1-2H3,(H,16,17)(H3,11,12,15,18). The van der Waals surface area contributed by atoms with Crippen molar-refractivity contribution in [3.63, 3.8) is 0 Å². The zero-order valence-corrected chi connectivity index (χ0v) is 10.7. The normalized spacial score (nSPS) is 10.7. The highest BCUT2D eigenvalue weighted by atomic mass is 16.4. The van der Waals surface area contributed by atoms with Crippen molar-refractivity contribution in [2.75, 3.05) is 40.3 Å². The number of carboxylic acids is 1. The van der Waals surface area contributed by atoms with Crippen molar-refractivity contribution in [3.05, 3.63) is 0 Å². The number of aliphatic carboxylic acids is 1. The molecule has 0 rings (SSSR count). The van der Waals surface area contributed by atoms with E-state index in [0.717, 1.165) is 0 Å². The highest BCUT2D eigenvalue weighted by Gasteiger charge is 2.12. The van der Waals surface area contributed by atoms with E-state index in [0.29, 0.717) is 13.1 Å². The fourth-order valence-corrected chi connectivity index (χ4v) is 1.26. The fourth-order valence-electron chi connectivity index (χ4n) is 1.26. The largest absolute Gasteiger partial charge is 0.480 e. The lowest BCUT2D eigenvalue weighted by Crippen LogP contribution is -2.40. The molecule has 0 saturated heterocycles. The van der Waals surface area contributed by atoms with Crippen LogP contribution in [0.4, 0.5) is 4.79 Å². The summed E-state index contributed by atoms with van der Waals surface area (Å²) in [5, 5.41) is 10.7. The molecule has 0 aliphatic carbocycles. The van der Waals surface area contributed by atoms with E-state index in [4.69, 9.17) is 10.8 Å². The summed E-state index contributed by atoms with van der Waals surface area (Å²) in [6, 6.07) is -0.905. The average Bonchev–Trinajstić information content (AvgIpc) is 2.20. The van der Waals surface area contributed by atoms with Crippen LogP contribution in [0.5, 0.6) is 0 Å². The van der Waals surface area contributed by atoms with Crippen LogP contribution in [0.25, 0.3) is 0 Å². The molecule has 18 heavy (non-hydrogen) atoms. The number of rotatable bonds is 8. The van der Waals surface area contributed by atoms with Crippen molar-refractivity contribution in [2.24, 2.45) is 5.73 Å². The third-order valence-electron chi connectivity index (χ3n) is 2.14. The molecule has 0 aromatic heterocycles. The summed E-state index contributed by atoms with van der Waals surface area (Å²) < 4.78 is 0. The first-order valence-corrected chi connectivity index (χ1v) is 5.49. The van der Waals surface area contributed by atoms with Crippen LogP contribution >= 0.6 is 0 Å². The van der Waals surface area contributed by atoms with Crippen LogP contribution in [0, 0.1) is 0 Å². The van der Waals surface area contributed by atoms with Gasteiger partial charge < -0.3 is 15.7 Å². The minimum Gasteiger partial charge on any atom is -0.480 e. The van der Waals surface area contributed by atoms with Crippen LogP contribution in [0.1, 0.15) is 6.42 Å². The number of nitrogens with two attached hydrogens (primary N) is 1. The molecule has 0 aromatic carbocycles.